The minimum atomic E-state index is -0.212. The van der Waals surface area contributed by atoms with E-state index in [0.717, 1.165) is 21.7 Å². The monoisotopic (exact) mass is 538 g/mol. The topological polar surface area (TPSA) is 84.3 Å². The lowest BCUT2D eigenvalue weighted by molar-refractivity contribution is -0.129. The summed E-state index contributed by atoms with van der Waals surface area (Å²) in [6.07, 6.45) is 0.621. The summed E-state index contributed by atoms with van der Waals surface area (Å²) in [5, 5.41) is 4.50. The van der Waals surface area contributed by atoms with Gasteiger partial charge in [-0.15, -0.1) is 11.3 Å². The van der Waals surface area contributed by atoms with Crippen molar-refractivity contribution in [2.45, 2.75) is 32.0 Å². The molecule has 7 nitrogen and oxygen atoms in total. The quantitative estimate of drug-likeness (QED) is 0.284. The summed E-state index contributed by atoms with van der Waals surface area (Å²) in [6, 6.07) is 14.5. The molecule has 36 heavy (non-hydrogen) atoms. The molecule has 4 aromatic rings. The van der Waals surface area contributed by atoms with Crippen LogP contribution in [0.2, 0.25) is 5.02 Å². The Labute approximate surface area is 221 Å². The molecule has 0 radical (unpaired) electrons. The minimum absolute atomic E-state index is 0.0198. The zero-order valence-electron chi connectivity index (χ0n) is 19.7. The fourth-order valence-corrected chi connectivity index (χ4v) is 6.48. The molecule has 1 aliphatic heterocycles. The first-order valence-corrected chi connectivity index (χ1v) is 13.6. The second-order valence-corrected chi connectivity index (χ2v) is 11.0. The van der Waals surface area contributed by atoms with Crippen molar-refractivity contribution in [2.75, 3.05) is 17.6 Å². The van der Waals surface area contributed by atoms with E-state index in [-0.39, 0.29) is 23.1 Å². The van der Waals surface area contributed by atoms with Crippen LogP contribution in [0.15, 0.2) is 58.5 Å². The van der Waals surface area contributed by atoms with E-state index in [1.807, 2.05) is 31.2 Å². The third-order valence-corrected chi connectivity index (χ3v) is 8.41. The van der Waals surface area contributed by atoms with Crippen molar-refractivity contribution in [3.8, 4) is 5.69 Å². The lowest BCUT2D eigenvalue weighted by Gasteiger charge is -2.25. The number of benzene rings is 2. The zero-order chi connectivity index (χ0) is 25.4. The van der Waals surface area contributed by atoms with Gasteiger partial charge in [-0.2, -0.15) is 0 Å². The Morgan fingerprint density at radius 2 is 1.92 bits per heavy atom. The molecule has 0 saturated carbocycles. The van der Waals surface area contributed by atoms with E-state index >= 15 is 0 Å². The number of nitrogens with zero attached hydrogens (tertiary/aromatic N) is 3. The molecule has 5 rings (SSSR count). The standard InChI is InChI=1S/C26H23ClN4O3S2/c1-15-5-3-4-6-20(15)31-25(34)23-19-11-12-30(16(2)32)13-21(19)36-24(23)29-26(31)35-14-22(33)28-18-9-7-17(27)8-10-18/h3-10H,11-14H2,1-2H3,(H,28,33). The number of thioether (sulfide) groups is 1. The van der Waals surface area contributed by atoms with Gasteiger partial charge in [0.25, 0.3) is 5.56 Å². The normalized spacial score (nSPS) is 13.0. The molecule has 2 aromatic heterocycles. The number of aromatic nitrogens is 2. The van der Waals surface area contributed by atoms with Crippen molar-refractivity contribution < 1.29 is 9.59 Å². The maximum atomic E-state index is 13.9. The van der Waals surface area contributed by atoms with E-state index in [9.17, 15) is 14.4 Å². The van der Waals surface area contributed by atoms with Gasteiger partial charge < -0.3 is 10.2 Å². The van der Waals surface area contributed by atoms with Gasteiger partial charge in [0.05, 0.1) is 23.4 Å². The summed E-state index contributed by atoms with van der Waals surface area (Å²) in [4.78, 5) is 46.8. The van der Waals surface area contributed by atoms with E-state index in [0.29, 0.717) is 45.6 Å². The number of fused-ring (bicyclic) bond motifs is 3. The highest BCUT2D eigenvalue weighted by atomic mass is 35.5. The van der Waals surface area contributed by atoms with Crippen molar-refractivity contribution >= 4 is 62.4 Å². The van der Waals surface area contributed by atoms with E-state index < -0.39 is 0 Å². The molecular formula is C26H23ClN4O3S2. The van der Waals surface area contributed by atoms with Crippen LogP contribution in [-0.4, -0.2) is 38.6 Å². The van der Waals surface area contributed by atoms with Gasteiger partial charge in [-0.25, -0.2) is 4.98 Å². The first-order chi connectivity index (χ1) is 17.3. The SMILES string of the molecule is CC(=O)N1CCc2c(sc3nc(SCC(=O)Nc4ccc(Cl)cc4)n(-c4ccccc4C)c(=O)c23)C1. The predicted molar refractivity (Wildman–Crippen MR) is 146 cm³/mol. The molecule has 0 unspecified atom stereocenters. The second kappa shape index (κ2) is 10.1. The van der Waals surface area contributed by atoms with Crippen LogP contribution in [-0.2, 0) is 22.6 Å². The minimum Gasteiger partial charge on any atom is -0.337 e. The highest BCUT2D eigenvalue weighted by Gasteiger charge is 2.27. The van der Waals surface area contributed by atoms with Crippen LogP contribution in [0.3, 0.4) is 0 Å². The smallest absolute Gasteiger partial charge is 0.267 e. The summed E-state index contributed by atoms with van der Waals surface area (Å²) < 4.78 is 1.61. The molecular weight excluding hydrogens is 516 g/mol. The van der Waals surface area contributed by atoms with Crippen LogP contribution < -0.4 is 10.9 Å². The van der Waals surface area contributed by atoms with E-state index in [2.05, 4.69) is 5.32 Å². The van der Waals surface area contributed by atoms with Crippen LogP contribution in [0.4, 0.5) is 5.69 Å². The summed E-state index contributed by atoms with van der Waals surface area (Å²) in [5.41, 5.74) is 3.14. The second-order valence-electron chi connectivity index (χ2n) is 8.54. The zero-order valence-corrected chi connectivity index (χ0v) is 22.1. The van der Waals surface area contributed by atoms with Gasteiger partial charge in [0.2, 0.25) is 11.8 Å². The average Bonchev–Trinajstić information content (AvgIpc) is 3.23. The van der Waals surface area contributed by atoms with Crippen LogP contribution >= 0.6 is 34.7 Å². The number of rotatable bonds is 5. The lowest BCUT2D eigenvalue weighted by atomic mass is 10.1. The number of carbonyl (C=O) groups is 2. The van der Waals surface area contributed by atoms with Gasteiger partial charge in [0, 0.05) is 29.1 Å². The van der Waals surface area contributed by atoms with Crippen molar-refractivity contribution in [2.24, 2.45) is 0 Å². The first-order valence-electron chi connectivity index (χ1n) is 11.4. The van der Waals surface area contributed by atoms with Crippen LogP contribution in [0.25, 0.3) is 15.9 Å². The predicted octanol–water partition coefficient (Wildman–Crippen LogP) is 5.04. The average molecular weight is 539 g/mol. The first kappa shape index (κ1) is 24.5. The van der Waals surface area contributed by atoms with Gasteiger partial charge in [-0.1, -0.05) is 41.6 Å². The number of carbonyl (C=O) groups excluding carboxylic acids is 2. The van der Waals surface area contributed by atoms with Gasteiger partial charge in [0.15, 0.2) is 5.16 Å². The molecule has 0 bridgehead atoms. The largest absolute Gasteiger partial charge is 0.337 e. The Kier molecular flexibility index (Phi) is 6.87. The summed E-state index contributed by atoms with van der Waals surface area (Å²) in [5.74, 6) is -0.114. The Morgan fingerprint density at radius 3 is 2.64 bits per heavy atom. The highest BCUT2D eigenvalue weighted by molar-refractivity contribution is 7.99. The van der Waals surface area contributed by atoms with Gasteiger partial charge in [0.1, 0.15) is 4.83 Å². The number of anilines is 1. The fraction of sp³-hybridized carbons (Fsp3) is 0.231. The molecule has 1 aliphatic rings. The maximum absolute atomic E-state index is 13.9. The van der Waals surface area contributed by atoms with E-state index in [4.69, 9.17) is 16.6 Å². The fourth-order valence-electron chi connectivity index (χ4n) is 4.28. The number of halogens is 1. The summed E-state index contributed by atoms with van der Waals surface area (Å²) >= 11 is 8.59. The van der Waals surface area contributed by atoms with Gasteiger partial charge >= 0.3 is 0 Å². The number of hydrogen-bond donors (Lipinski definition) is 1. The highest BCUT2D eigenvalue weighted by Crippen LogP contribution is 2.34. The lowest BCUT2D eigenvalue weighted by Crippen LogP contribution is -2.34. The van der Waals surface area contributed by atoms with E-state index in [1.54, 1.807) is 40.7 Å². The third-order valence-electron chi connectivity index (χ3n) is 6.11. The molecule has 3 heterocycles. The number of hydrogen-bond acceptors (Lipinski definition) is 6. The summed E-state index contributed by atoms with van der Waals surface area (Å²) in [6.45, 7) is 4.58. The number of amides is 2. The van der Waals surface area contributed by atoms with Crippen molar-refractivity contribution in [1.29, 1.82) is 0 Å². The van der Waals surface area contributed by atoms with Gasteiger partial charge in [-0.3, -0.25) is 19.0 Å². The summed E-state index contributed by atoms with van der Waals surface area (Å²) in [7, 11) is 0. The molecule has 2 amide bonds. The Hall–Kier alpha value is -3.14. The van der Waals surface area contributed by atoms with E-state index in [1.165, 1.54) is 23.1 Å². The van der Waals surface area contributed by atoms with Crippen LogP contribution in [0.5, 0.6) is 0 Å². The molecule has 0 aliphatic carbocycles. The molecule has 2 aromatic carbocycles. The Balaban J connectivity index is 1.54. The molecule has 1 N–H and O–H groups in total. The molecule has 184 valence electrons. The molecule has 0 atom stereocenters. The maximum Gasteiger partial charge on any atom is 0.267 e. The number of aryl methyl sites for hydroxylation is 1. The Morgan fingerprint density at radius 1 is 1.17 bits per heavy atom. The molecule has 10 heteroatoms. The van der Waals surface area contributed by atoms with Crippen molar-refractivity contribution in [3.63, 3.8) is 0 Å². The molecule has 0 spiro atoms. The molecule has 0 fully saturated rings. The third kappa shape index (κ3) is 4.78. The van der Waals surface area contributed by atoms with Crippen molar-refractivity contribution in [1.82, 2.24) is 14.5 Å². The number of nitrogens with one attached hydrogen (secondary N) is 1. The van der Waals surface area contributed by atoms with Crippen LogP contribution in [0, 0.1) is 6.92 Å². The number of para-hydroxylation sites is 1. The van der Waals surface area contributed by atoms with Crippen LogP contribution in [0.1, 0.15) is 22.9 Å². The molecule has 0 saturated heterocycles. The van der Waals surface area contributed by atoms with Gasteiger partial charge in [-0.05, 0) is 54.8 Å². The number of thiophene rings is 1. The Bertz CT molecular complexity index is 1550. The van der Waals surface area contributed by atoms with Crippen molar-refractivity contribution in [3.05, 3.63) is 79.9 Å².